The molecule has 2 heteroatoms. The zero-order valence-corrected chi connectivity index (χ0v) is 8.20. The molecule has 0 unspecified atom stereocenters. The molecule has 52 valence electrons. The summed E-state index contributed by atoms with van der Waals surface area (Å²) in [5, 5.41) is 0. The van der Waals surface area contributed by atoms with Gasteiger partial charge >= 0.3 is 0 Å². The van der Waals surface area contributed by atoms with Gasteiger partial charge in [-0.2, -0.15) is 0 Å². The zero-order valence-electron chi connectivity index (χ0n) is 5.29. The topological polar surface area (TPSA) is 0 Å². The van der Waals surface area contributed by atoms with Gasteiger partial charge in [0.15, 0.2) is 0 Å². The molecule has 0 radical (unpaired) electrons. The Morgan fingerprint density at radius 1 is 1.11 bits per heavy atom. The van der Waals surface area contributed by atoms with E-state index in [-0.39, 0.29) is 4.87 Å². The average Bonchev–Trinajstić information content (AvgIpc) is 2.19. The van der Waals surface area contributed by atoms with E-state index in [0.29, 0.717) is 3.42 Å². The van der Waals surface area contributed by atoms with Crippen molar-refractivity contribution in [3.05, 3.63) is 0 Å². The highest BCUT2D eigenvalue weighted by Crippen LogP contribution is 2.58. The molecule has 0 aromatic rings. The summed E-state index contributed by atoms with van der Waals surface area (Å²) in [6, 6.07) is 0. The lowest BCUT2D eigenvalue weighted by molar-refractivity contribution is 0.533. The van der Waals surface area contributed by atoms with Crippen LogP contribution in [0.15, 0.2) is 0 Å². The molecular weight excluding hydrogens is 246 g/mol. The van der Waals surface area contributed by atoms with Crippen molar-refractivity contribution in [3.8, 4) is 0 Å². The molecule has 2 aliphatic rings. The minimum absolute atomic E-state index is 0.237. The van der Waals surface area contributed by atoms with Crippen molar-refractivity contribution >= 4 is 34.2 Å². The molecule has 0 amide bonds. The van der Waals surface area contributed by atoms with Gasteiger partial charge in [0.05, 0.1) is 0 Å². The minimum Gasteiger partial charge on any atom is -0.119 e. The predicted octanol–water partition coefficient (Wildman–Crippen LogP) is 3.12. The molecule has 2 saturated carbocycles. The summed E-state index contributed by atoms with van der Waals surface area (Å²) in [5.74, 6) is 0. The standard InChI is InChI=1S/C7H10ClI/c8-6-1-3-7(9,5-6)4-2-6/h1-5H2. The maximum absolute atomic E-state index is 6.28. The number of alkyl halides is 2. The summed E-state index contributed by atoms with van der Waals surface area (Å²) in [7, 11) is 0. The van der Waals surface area contributed by atoms with Crippen molar-refractivity contribution in [2.45, 2.75) is 40.4 Å². The van der Waals surface area contributed by atoms with E-state index < -0.39 is 0 Å². The molecule has 0 spiro atoms. The van der Waals surface area contributed by atoms with Crippen LogP contribution < -0.4 is 0 Å². The van der Waals surface area contributed by atoms with E-state index in [9.17, 15) is 0 Å². The molecule has 0 saturated heterocycles. The van der Waals surface area contributed by atoms with Gasteiger partial charge in [-0.15, -0.1) is 11.6 Å². The Bertz CT molecular complexity index is 120. The highest BCUT2D eigenvalue weighted by molar-refractivity contribution is 14.1. The summed E-state index contributed by atoms with van der Waals surface area (Å²) >= 11 is 8.88. The largest absolute Gasteiger partial charge is 0.119 e. The third kappa shape index (κ3) is 1.01. The van der Waals surface area contributed by atoms with Crippen molar-refractivity contribution in [3.63, 3.8) is 0 Å². The number of fused-ring (bicyclic) bond motifs is 2. The van der Waals surface area contributed by atoms with Gasteiger partial charge in [-0.05, 0) is 32.1 Å². The Balaban J connectivity index is 2.25. The fourth-order valence-electron chi connectivity index (χ4n) is 2.07. The highest BCUT2D eigenvalue weighted by atomic mass is 127. The quantitative estimate of drug-likeness (QED) is 0.461. The van der Waals surface area contributed by atoms with Crippen molar-refractivity contribution < 1.29 is 0 Å². The summed E-state index contributed by atoms with van der Waals surface area (Å²) in [4.78, 5) is 0.237. The normalized spacial score (nSPS) is 56.7. The first-order chi connectivity index (χ1) is 4.12. The van der Waals surface area contributed by atoms with Gasteiger partial charge in [0, 0.05) is 8.30 Å². The molecule has 2 bridgehead atoms. The Morgan fingerprint density at radius 2 is 1.67 bits per heavy atom. The first-order valence-corrected chi connectivity index (χ1v) is 4.96. The maximum atomic E-state index is 6.28. The van der Waals surface area contributed by atoms with Crippen LogP contribution in [0.1, 0.15) is 32.1 Å². The van der Waals surface area contributed by atoms with Crippen LogP contribution >= 0.6 is 34.2 Å². The lowest BCUT2D eigenvalue weighted by atomic mass is 10.0. The van der Waals surface area contributed by atoms with Crippen LogP contribution in [0.3, 0.4) is 0 Å². The first kappa shape index (κ1) is 6.71. The molecule has 0 atom stereocenters. The van der Waals surface area contributed by atoms with Gasteiger partial charge < -0.3 is 0 Å². The molecule has 0 heterocycles. The Kier molecular flexibility index (Phi) is 1.33. The lowest BCUT2D eigenvalue weighted by Gasteiger charge is -2.18. The van der Waals surface area contributed by atoms with Gasteiger partial charge in [-0.25, -0.2) is 0 Å². The van der Waals surface area contributed by atoms with Crippen LogP contribution in [0, 0.1) is 0 Å². The van der Waals surface area contributed by atoms with E-state index in [4.69, 9.17) is 11.6 Å². The van der Waals surface area contributed by atoms with Crippen molar-refractivity contribution in [2.75, 3.05) is 0 Å². The second-order valence-corrected chi connectivity index (χ2v) is 6.57. The van der Waals surface area contributed by atoms with Gasteiger partial charge in [0.2, 0.25) is 0 Å². The third-order valence-electron chi connectivity index (χ3n) is 2.68. The molecular formula is C7H10ClI. The van der Waals surface area contributed by atoms with Crippen LogP contribution in [-0.2, 0) is 0 Å². The Hall–Kier alpha value is 1.02. The van der Waals surface area contributed by atoms with E-state index in [1.165, 1.54) is 32.1 Å². The smallest absolute Gasteiger partial charge is 0.0460 e. The molecule has 0 aliphatic heterocycles. The fraction of sp³-hybridized carbons (Fsp3) is 1.00. The SMILES string of the molecule is ClC12CCC(I)(CC1)C2. The molecule has 2 rings (SSSR count). The van der Waals surface area contributed by atoms with Crippen molar-refractivity contribution in [2.24, 2.45) is 0 Å². The molecule has 9 heavy (non-hydrogen) atoms. The summed E-state index contributed by atoms with van der Waals surface area (Å²) < 4.78 is 0.611. The Labute approximate surface area is 74.5 Å². The second kappa shape index (κ2) is 1.79. The maximum Gasteiger partial charge on any atom is 0.0460 e. The first-order valence-electron chi connectivity index (χ1n) is 3.50. The van der Waals surface area contributed by atoms with E-state index >= 15 is 0 Å². The second-order valence-electron chi connectivity index (χ2n) is 3.48. The van der Waals surface area contributed by atoms with E-state index in [1.807, 2.05) is 0 Å². The van der Waals surface area contributed by atoms with Gasteiger partial charge in [0.25, 0.3) is 0 Å². The van der Waals surface area contributed by atoms with Gasteiger partial charge in [0.1, 0.15) is 0 Å². The Morgan fingerprint density at radius 3 is 1.78 bits per heavy atom. The van der Waals surface area contributed by atoms with E-state index in [0.717, 1.165) is 0 Å². The van der Waals surface area contributed by atoms with Crippen LogP contribution in [0.5, 0.6) is 0 Å². The molecule has 0 nitrogen and oxygen atoms in total. The summed E-state index contributed by atoms with van der Waals surface area (Å²) in [6.07, 6.45) is 6.51. The zero-order chi connectivity index (χ0) is 6.54. The van der Waals surface area contributed by atoms with E-state index in [2.05, 4.69) is 22.6 Å². The predicted molar refractivity (Wildman–Crippen MR) is 48.4 cm³/mol. The van der Waals surface area contributed by atoms with Gasteiger partial charge in [-0.1, -0.05) is 22.6 Å². The summed E-state index contributed by atoms with van der Waals surface area (Å²) in [6.45, 7) is 0. The molecule has 0 N–H and O–H groups in total. The monoisotopic (exact) mass is 256 g/mol. The lowest BCUT2D eigenvalue weighted by Crippen LogP contribution is -2.12. The van der Waals surface area contributed by atoms with Gasteiger partial charge in [-0.3, -0.25) is 0 Å². The van der Waals surface area contributed by atoms with Crippen LogP contribution in [0.2, 0.25) is 0 Å². The van der Waals surface area contributed by atoms with Crippen LogP contribution in [-0.4, -0.2) is 8.30 Å². The molecule has 0 aromatic heterocycles. The number of halogens is 2. The minimum atomic E-state index is 0.237. The van der Waals surface area contributed by atoms with Crippen LogP contribution in [0.4, 0.5) is 0 Å². The fourth-order valence-corrected chi connectivity index (χ4v) is 4.01. The van der Waals surface area contributed by atoms with Crippen molar-refractivity contribution in [1.29, 1.82) is 0 Å². The third-order valence-corrected chi connectivity index (χ3v) is 4.65. The highest BCUT2D eigenvalue weighted by Gasteiger charge is 2.51. The number of rotatable bonds is 0. The number of hydrogen-bond donors (Lipinski definition) is 0. The molecule has 0 aromatic carbocycles. The average molecular weight is 257 g/mol. The molecule has 2 aliphatic carbocycles. The van der Waals surface area contributed by atoms with E-state index in [1.54, 1.807) is 0 Å². The van der Waals surface area contributed by atoms with Crippen LogP contribution in [0.25, 0.3) is 0 Å². The van der Waals surface area contributed by atoms with Crippen molar-refractivity contribution in [1.82, 2.24) is 0 Å². The number of hydrogen-bond acceptors (Lipinski definition) is 0. The molecule has 2 fully saturated rings. The summed E-state index contributed by atoms with van der Waals surface area (Å²) in [5.41, 5.74) is 0.